The summed E-state index contributed by atoms with van der Waals surface area (Å²) in [6, 6.07) is 5.42. The lowest BCUT2D eigenvalue weighted by Gasteiger charge is -2.24. The Morgan fingerprint density at radius 2 is 1.79 bits per heavy atom. The largest absolute Gasteiger partial charge is 0.450 e. The molecule has 130 valence electrons. The highest BCUT2D eigenvalue weighted by atomic mass is 32.2. The monoisotopic (exact) mass is 352 g/mol. The summed E-state index contributed by atoms with van der Waals surface area (Å²) in [6.07, 6.45) is 5.66. The van der Waals surface area contributed by atoms with Crippen molar-refractivity contribution in [3.63, 3.8) is 0 Å². The molecule has 0 aliphatic heterocycles. The van der Waals surface area contributed by atoms with Crippen LogP contribution in [0.25, 0.3) is 0 Å². The van der Waals surface area contributed by atoms with Crippen LogP contribution in [0, 0.1) is 12.3 Å². The van der Waals surface area contributed by atoms with Gasteiger partial charge in [0.15, 0.2) is 15.4 Å². The Bertz CT molecular complexity index is 753. The van der Waals surface area contributed by atoms with Crippen LogP contribution in [-0.4, -0.2) is 44.7 Å². The second kappa shape index (κ2) is 7.60. The molecular weight excluding hydrogens is 332 g/mol. The molecule has 1 atom stereocenters. The first-order valence-corrected chi connectivity index (χ1v) is 9.01. The molecule has 0 aliphatic carbocycles. The molecule has 6 nitrogen and oxygen atoms in total. The predicted molar refractivity (Wildman–Crippen MR) is 88.3 cm³/mol. The molecular formula is C17H20O6S. The van der Waals surface area contributed by atoms with E-state index < -0.39 is 33.3 Å². The molecule has 1 unspecified atom stereocenters. The van der Waals surface area contributed by atoms with Crippen LogP contribution in [0.5, 0.6) is 0 Å². The fourth-order valence-electron chi connectivity index (χ4n) is 1.80. The Morgan fingerprint density at radius 3 is 2.25 bits per heavy atom. The van der Waals surface area contributed by atoms with Gasteiger partial charge in [0.2, 0.25) is 5.78 Å². The van der Waals surface area contributed by atoms with Gasteiger partial charge in [0.25, 0.3) is 0 Å². The minimum absolute atomic E-state index is 0.102. The summed E-state index contributed by atoms with van der Waals surface area (Å²) in [5.41, 5.74) is -1.19. The molecule has 0 radical (unpaired) electrons. The number of hydrogen-bond donors (Lipinski definition) is 0. The highest BCUT2D eigenvalue weighted by Crippen LogP contribution is 2.19. The van der Waals surface area contributed by atoms with Gasteiger partial charge >= 0.3 is 5.97 Å². The summed E-state index contributed by atoms with van der Waals surface area (Å²) in [6.45, 7) is 4.13. The SMILES string of the molecule is C#CC(C)OCC(=O)OC(C)(C)C(=O)c1ccc(S(C)(=O)=O)cc1. The van der Waals surface area contributed by atoms with Crippen LogP contribution in [0.2, 0.25) is 0 Å². The molecule has 0 spiro atoms. The topological polar surface area (TPSA) is 86.7 Å². The quantitative estimate of drug-likeness (QED) is 0.421. The summed E-state index contributed by atoms with van der Waals surface area (Å²) in [5, 5.41) is 0. The van der Waals surface area contributed by atoms with Crippen LogP contribution in [-0.2, 0) is 24.1 Å². The van der Waals surface area contributed by atoms with Gasteiger partial charge in [-0.3, -0.25) is 4.79 Å². The standard InChI is InChI=1S/C17H20O6S/c1-6-12(2)22-11-15(18)23-17(3,4)16(19)13-7-9-14(10-8-13)24(5,20)21/h1,7-10,12H,11H2,2-5H3. The number of ketones is 1. The highest BCUT2D eigenvalue weighted by Gasteiger charge is 2.33. The van der Waals surface area contributed by atoms with E-state index in [2.05, 4.69) is 5.92 Å². The van der Waals surface area contributed by atoms with Gasteiger partial charge in [-0.25, -0.2) is 13.2 Å². The van der Waals surface area contributed by atoms with Crippen molar-refractivity contribution >= 4 is 21.6 Å². The molecule has 0 saturated carbocycles. The first-order valence-electron chi connectivity index (χ1n) is 7.12. The summed E-state index contributed by atoms with van der Waals surface area (Å²) in [7, 11) is -3.35. The van der Waals surface area contributed by atoms with Gasteiger partial charge < -0.3 is 9.47 Å². The number of rotatable bonds is 7. The van der Waals surface area contributed by atoms with E-state index in [4.69, 9.17) is 15.9 Å². The minimum atomic E-state index is -3.35. The normalized spacial score (nSPS) is 13.0. The zero-order chi connectivity index (χ0) is 18.5. The molecule has 7 heteroatoms. The highest BCUT2D eigenvalue weighted by molar-refractivity contribution is 7.90. The van der Waals surface area contributed by atoms with Gasteiger partial charge in [-0.2, -0.15) is 0 Å². The molecule has 0 heterocycles. The van der Waals surface area contributed by atoms with Gasteiger partial charge in [0.05, 0.1) is 4.90 Å². The molecule has 0 amide bonds. The molecule has 1 aromatic carbocycles. The van der Waals surface area contributed by atoms with E-state index in [1.54, 1.807) is 6.92 Å². The lowest BCUT2D eigenvalue weighted by atomic mass is 9.96. The van der Waals surface area contributed by atoms with Crippen molar-refractivity contribution in [1.82, 2.24) is 0 Å². The number of Topliss-reactive ketones (excluding diaryl/α,β-unsaturated/α-hetero) is 1. The number of carbonyl (C=O) groups is 2. The summed E-state index contributed by atoms with van der Waals surface area (Å²) in [4.78, 5) is 24.3. The Kier molecular flexibility index (Phi) is 6.29. The van der Waals surface area contributed by atoms with Crippen molar-refractivity contribution in [2.24, 2.45) is 0 Å². The zero-order valence-electron chi connectivity index (χ0n) is 14.0. The Labute approximate surface area is 142 Å². The summed E-state index contributed by atoms with van der Waals surface area (Å²) in [5.74, 6) is 1.13. The second-order valence-corrected chi connectivity index (χ2v) is 7.75. The first kappa shape index (κ1) is 19.9. The third-order valence-electron chi connectivity index (χ3n) is 3.15. The van der Waals surface area contributed by atoms with Gasteiger partial charge in [-0.1, -0.05) is 5.92 Å². The molecule has 0 N–H and O–H groups in total. The third kappa shape index (κ3) is 5.48. The van der Waals surface area contributed by atoms with Crippen LogP contribution in [0.4, 0.5) is 0 Å². The average molecular weight is 352 g/mol. The van der Waals surface area contributed by atoms with Gasteiger partial charge in [-0.05, 0) is 45.0 Å². The maximum Gasteiger partial charge on any atom is 0.333 e. The predicted octanol–water partition coefficient (Wildman–Crippen LogP) is 1.63. The number of terminal acetylenes is 1. The molecule has 24 heavy (non-hydrogen) atoms. The van der Waals surface area contributed by atoms with Crippen molar-refractivity contribution in [2.45, 2.75) is 37.4 Å². The number of sulfone groups is 1. The Hall–Kier alpha value is -2.17. The van der Waals surface area contributed by atoms with Crippen molar-refractivity contribution in [3.8, 4) is 12.3 Å². The first-order chi connectivity index (χ1) is 11.0. The van der Waals surface area contributed by atoms with Crippen molar-refractivity contribution < 1.29 is 27.5 Å². The number of ether oxygens (including phenoxy) is 2. The molecule has 1 aromatic rings. The van der Waals surface area contributed by atoms with Crippen LogP contribution in [0.3, 0.4) is 0 Å². The Morgan fingerprint density at radius 1 is 1.25 bits per heavy atom. The molecule has 0 saturated heterocycles. The van der Waals surface area contributed by atoms with E-state index in [-0.39, 0.29) is 17.1 Å². The van der Waals surface area contributed by atoms with E-state index in [1.807, 2.05) is 0 Å². The second-order valence-electron chi connectivity index (χ2n) is 5.73. The lowest BCUT2D eigenvalue weighted by molar-refractivity contribution is -0.158. The lowest BCUT2D eigenvalue weighted by Crippen LogP contribution is -2.38. The molecule has 0 aliphatic rings. The maximum absolute atomic E-state index is 12.5. The van der Waals surface area contributed by atoms with E-state index in [0.29, 0.717) is 0 Å². The minimum Gasteiger partial charge on any atom is -0.450 e. The van der Waals surface area contributed by atoms with Crippen LogP contribution in [0.15, 0.2) is 29.2 Å². The number of benzene rings is 1. The third-order valence-corrected chi connectivity index (χ3v) is 4.27. The summed E-state index contributed by atoms with van der Waals surface area (Å²) >= 11 is 0. The van der Waals surface area contributed by atoms with E-state index in [0.717, 1.165) is 6.26 Å². The van der Waals surface area contributed by atoms with Crippen molar-refractivity contribution in [1.29, 1.82) is 0 Å². The number of hydrogen-bond acceptors (Lipinski definition) is 6. The van der Waals surface area contributed by atoms with E-state index >= 15 is 0 Å². The molecule has 0 fully saturated rings. The number of carbonyl (C=O) groups excluding carboxylic acids is 2. The van der Waals surface area contributed by atoms with Crippen molar-refractivity contribution in [3.05, 3.63) is 29.8 Å². The van der Waals surface area contributed by atoms with Crippen LogP contribution in [0.1, 0.15) is 31.1 Å². The zero-order valence-corrected chi connectivity index (χ0v) is 14.8. The van der Waals surface area contributed by atoms with Gasteiger partial charge in [0, 0.05) is 11.8 Å². The van der Waals surface area contributed by atoms with E-state index in [1.165, 1.54) is 38.1 Å². The molecule has 1 rings (SSSR count). The molecule has 0 aromatic heterocycles. The maximum atomic E-state index is 12.5. The van der Waals surface area contributed by atoms with Crippen LogP contribution >= 0.6 is 0 Å². The number of esters is 1. The smallest absolute Gasteiger partial charge is 0.333 e. The average Bonchev–Trinajstić information content (AvgIpc) is 2.50. The molecule has 0 bridgehead atoms. The van der Waals surface area contributed by atoms with Crippen molar-refractivity contribution in [2.75, 3.05) is 12.9 Å². The van der Waals surface area contributed by atoms with E-state index in [9.17, 15) is 18.0 Å². The fourth-order valence-corrected chi connectivity index (χ4v) is 2.43. The summed E-state index contributed by atoms with van der Waals surface area (Å²) < 4.78 is 33.0. The fraction of sp³-hybridized carbons (Fsp3) is 0.412. The van der Waals surface area contributed by atoms with Gasteiger partial charge in [-0.15, -0.1) is 6.42 Å². The Balaban J connectivity index is 2.81. The van der Waals surface area contributed by atoms with Crippen LogP contribution < -0.4 is 0 Å². The van der Waals surface area contributed by atoms with Gasteiger partial charge in [0.1, 0.15) is 12.7 Å².